The van der Waals surface area contributed by atoms with Crippen molar-refractivity contribution >= 4 is 17.0 Å². The zero-order valence-corrected chi connectivity index (χ0v) is 12.5. The highest BCUT2D eigenvalue weighted by Gasteiger charge is 2.10. The minimum absolute atomic E-state index is 0.543. The number of hydrogen-bond acceptors (Lipinski definition) is 3. The summed E-state index contributed by atoms with van der Waals surface area (Å²) in [4.78, 5) is 3.95. The molecule has 3 heteroatoms. The lowest BCUT2D eigenvalue weighted by molar-refractivity contribution is 0.216. The van der Waals surface area contributed by atoms with Crippen molar-refractivity contribution in [1.82, 2.24) is 4.90 Å². The minimum atomic E-state index is 0.543. The molecule has 19 heavy (non-hydrogen) atoms. The molecule has 0 radical (unpaired) electrons. The highest BCUT2D eigenvalue weighted by molar-refractivity contribution is 7.09. The van der Waals surface area contributed by atoms with Gasteiger partial charge in [0.15, 0.2) is 0 Å². The first-order chi connectivity index (χ1) is 9.15. The lowest BCUT2D eigenvalue weighted by atomic mass is 10.1. The number of anilines is 1. The lowest BCUT2D eigenvalue weighted by Crippen LogP contribution is -2.32. The van der Waals surface area contributed by atoms with Gasteiger partial charge in [-0.3, -0.25) is 4.90 Å². The van der Waals surface area contributed by atoms with Gasteiger partial charge in [-0.1, -0.05) is 18.2 Å². The average Bonchev–Trinajstić information content (AvgIpc) is 2.87. The summed E-state index contributed by atoms with van der Waals surface area (Å²) < 4.78 is 0. The zero-order chi connectivity index (χ0) is 13.7. The van der Waals surface area contributed by atoms with Crippen molar-refractivity contribution in [2.45, 2.75) is 32.9 Å². The smallest absolute Gasteiger partial charge is 0.0317 e. The van der Waals surface area contributed by atoms with Gasteiger partial charge in [0, 0.05) is 29.7 Å². The second-order valence-corrected chi connectivity index (χ2v) is 6.17. The standard InChI is InChI=1S/C16H22N2S/c1-13(2)18(9-8-16-7-4-10-19-16)12-14-5-3-6-15(17)11-14/h3-7,10-11,13H,8-9,12,17H2,1-2H3. The summed E-state index contributed by atoms with van der Waals surface area (Å²) in [6.07, 6.45) is 1.12. The third-order valence-electron chi connectivity index (χ3n) is 3.29. The Morgan fingerprint density at radius 2 is 2.05 bits per heavy atom. The quantitative estimate of drug-likeness (QED) is 0.812. The molecule has 0 aliphatic carbocycles. The topological polar surface area (TPSA) is 29.3 Å². The molecule has 102 valence electrons. The highest BCUT2D eigenvalue weighted by atomic mass is 32.1. The summed E-state index contributed by atoms with van der Waals surface area (Å²) in [6.45, 7) is 6.56. The maximum atomic E-state index is 5.84. The van der Waals surface area contributed by atoms with Crippen LogP contribution in [-0.2, 0) is 13.0 Å². The van der Waals surface area contributed by atoms with Gasteiger partial charge in [-0.25, -0.2) is 0 Å². The van der Waals surface area contributed by atoms with Crippen molar-refractivity contribution < 1.29 is 0 Å². The summed E-state index contributed by atoms with van der Waals surface area (Å²) in [5, 5.41) is 2.15. The maximum absolute atomic E-state index is 5.84. The largest absolute Gasteiger partial charge is 0.399 e. The number of nitrogens with zero attached hydrogens (tertiary/aromatic N) is 1. The Balaban J connectivity index is 1.96. The van der Waals surface area contributed by atoms with Crippen LogP contribution in [0.25, 0.3) is 0 Å². The number of thiophene rings is 1. The number of rotatable bonds is 6. The third kappa shape index (κ3) is 4.37. The molecule has 2 rings (SSSR count). The van der Waals surface area contributed by atoms with Crippen molar-refractivity contribution in [3.63, 3.8) is 0 Å². The van der Waals surface area contributed by atoms with Gasteiger partial charge in [0.05, 0.1) is 0 Å². The predicted octanol–water partition coefficient (Wildman–Crippen LogP) is 3.78. The van der Waals surface area contributed by atoms with Crippen LogP contribution < -0.4 is 5.73 Å². The van der Waals surface area contributed by atoms with E-state index in [0.29, 0.717) is 6.04 Å². The van der Waals surface area contributed by atoms with E-state index in [1.54, 1.807) is 0 Å². The first-order valence-corrected chi connectivity index (χ1v) is 7.64. The summed E-state index contributed by atoms with van der Waals surface area (Å²) in [6, 6.07) is 13.1. The molecule has 0 amide bonds. The average molecular weight is 274 g/mol. The monoisotopic (exact) mass is 274 g/mol. The van der Waals surface area contributed by atoms with Crippen LogP contribution in [0.4, 0.5) is 5.69 Å². The van der Waals surface area contributed by atoms with E-state index in [0.717, 1.165) is 25.2 Å². The van der Waals surface area contributed by atoms with Crippen LogP contribution in [0, 0.1) is 0 Å². The van der Waals surface area contributed by atoms with Crippen molar-refractivity contribution in [3.05, 3.63) is 52.2 Å². The van der Waals surface area contributed by atoms with E-state index >= 15 is 0 Å². The van der Waals surface area contributed by atoms with Crippen LogP contribution in [-0.4, -0.2) is 17.5 Å². The Morgan fingerprint density at radius 1 is 1.21 bits per heavy atom. The van der Waals surface area contributed by atoms with Crippen LogP contribution in [0.5, 0.6) is 0 Å². The fourth-order valence-electron chi connectivity index (χ4n) is 2.15. The van der Waals surface area contributed by atoms with E-state index in [1.807, 2.05) is 23.5 Å². The molecule has 0 bridgehead atoms. The molecule has 0 unspecified atom stereocenters. The van der Waals surface area contributed by atoms with Gasteiger partial charge in [-0.2, -0.15) is 0 Å². The van der Waals surface area contributed by atoms with Crippen LogP contribution >= 0.6 is 11.3 Å². The zero-order valence-electron chi connectivity index (χ0n) is 11.7. The SMILES string of the molecule is CC(C)N(CCc1cccs1)Cc1cccc(N)c1. The molecule has 0 fully saturated rings. The second kappa shape index (κ2) is 6.73. The molecule has 0 atom stereocenters. The number of hydrogen-bond donors (Lipinski definition) is 1. The fourth-order valence-corrected chi connectivity index (χ4v) is 2.85. The van der Waals surface area contributed by atoms with Crippen molar-refractivity contribution in [2.24, 2.45) is 0 Å². The van der Waals surface area contributed by atoms with Gasteiger partial charge < -0.3 is 5.73 Å². The first kappa shape index (κ1) is 14.1. The van der Waals surface area contributed by atoms with E-state index in [4.69, 9.17) is 5.73 Å². The number of benzene rings is 1. The van der Waals surface area contributed by atoms with E-state index in [-0.39, 0.29) is 0 Å². The minimum Gasteiger partial charge on any atom is -0.399 e. The molecular weight excluding hydrogens is 252 g/mol. The van der Waals surface area contributed by atoms with Gasteiger partial charge in [0.25, 0.3) is 0 Å². The molecule has 1 aromatic heterocycles. The van der Waals surface area contributed by atoms with Gasteiger partial charge in [-0.15, -0.1) is 11.3 Å². The normalized spacial score (nSPS) is 11.4. The Bertz CT molecular complexity index is 491. The molecule has 1 heterocycles. The lowest BCUT2D eigenvalue weighted by Gasteiger charge is -2.26. The molecule has 2 nitrogen and oxygen atoms in total. The van der Waals surface area contributed by atoms with E-state index in [9.17, 15) is 0 Å². The molecular formula is C16H22N2S. The Hall–Kier alpha value is -1.32. The van der Waals surface area contributed by atoms with Gasteiger partial charge >= 0.3 is 0 Å². The van der Waals surface area contributed by atoms with Gasteiger partial charge in [0.2, 0.25) is 0 Å². The molecule has 0 aliphatic heterocycles. The highest BCUT2D eigenvalue weighted by Crippen LogP contribution is 2.14. The summed E-state index contributed by atoms with van der Waals surface area (Å²) >= 11 is 1.84. The van der Waals surface area contributed by atoms with E-state index < -0.39 is 0 Å². The summed E-state index contributed by atoms with van der Waals surface area (Å²) in [5.74, 6) is 0. The van der Waals surface area contributed by atoms with Crippen molar-refractivity contribution in [2.75, 3.05) is 12.3 Å². The van der Waals surface area contributed by atoms with Gasteiger partial charge in [0.1, 0.15) is 0 Å². The predicted molar refractivity (Wildman–Crippen MR) is 84.4 cm³/mol. The third-order valence-corrected chi connectivity index (χ3v) is 4.23. The molecule has 0 aliphatic rings. The van der Waals surface area contributed by atoms with E-state index in [2.05, 4.69) is 48.4 Å². The first-order valence-electron chi connectivity index (χ1n) is 6.76. The fraction of sp³-hybridized carbons (Fsp3) is 0.375. The summed E-state index contributed by atoms with van der Waals surface area (Å²) in [7, 11) is 0. The van der Waals surface area contributed by atoms with Crippen LogP contribution in [0.1, 0.15) is 24.3 Å². The summed E-state index contributed by atoms with van der Waals surface area (Å²) in [5.41, 5.74) is 7.98. The van der Waals surface area contributed by atoms with Crippen molar-refractivity contribution in [3.8, 4) is 0 Å². The van der Waals surface area contributed by atoms with Crippen LogP contribution in [0.15, 0.2) is 41.8 Å². The molecule has 2 N–H and O–H groups in total. The van der Waals surface area contributed by atoms with Crippen LogP contribution in [0.2, 0.25) is 0 Å². The second-order valence-electron chi connectivity index (χ2n) is 5.14. The van der Waals surface area contributed by atoms with Gasteiger partial charge in [-0.05, 0) is 49.4 Å². The van der Waals surface area contributed by atoms with Crippen LogP contribution in [0.3, 0.4) is 0 Å². The molecule has 2 aromatic rings. The number of nitrogen functional groups attached to an aromatic ring is 1. The molecule has 0 saturated heterocycles. The van der Waals surface area contributed by atoms with E-state index in [1.165, 1.54) is 10.4 Å². The Morgan fingerprint density at radius 3 is 2.68 bits per heavy atom. The Kier molecular flexibility index (Phi) is 5.00. The Labute approximate surface area is 119 Å². The molecule has 1 aromatic carbocycles. The number of nitrogens with two attached hydrogens (primary N) is 1. The van der Waals surface area contributed by atoms with Crippen molar-refractivity contribution in [1.29, 1.82) is 0 Å². The molecule has 0 spiro atoms. The maximum Gasteiger partial charge on any atom is 0.0317 e. The molecule has 0 saturated carbocycles.